The molecule has 1 aromatic rings. The molecule has 0 unspecified atom stereocenters. The van der Waals surface area contributed by atoms with Gasteiger partial charge in [-0.3, -0.25) is 4.79 Å². The molecule has 10 nitrogen and oxygen atoms in total. The highest BCUT2D eigenvalue weighted by Crippen LogP contribution is 2.26. The highest BCUT2D eigenvalue weighted by atomic mass is 16.6. The minimum atomic E-state index is -1.69. The second-order valence-corrected chi connectivity index (χ2v) is 5.22. The quantitative estimate of drug-likeness (QED) is 0.392. The number of hydrogen-bond acceptors (Lipinski definition) is 7. The summed E-state index contributed by atoms with van der Waals surface area (Å²) < 4.78 is 10.2. The highest BCUT2D eigenvalue weighted by Gasteiger charge is 2.47. The molecule has 0 aromatic heterocycles. The fourth-order valence-electron chi connectivity index (χ4n) is 2.34. The number of aliphatic hydroxyl groups is 3. The minimum absolute atomic E-state index is 0.498. The van der Waals surface area contributed by atoms with Crippen molar-refractivity contribution in [2.75, 3.05) is 19.1 Å². The van der Waals surface area contributed by atoms with Crippen LogP contribution in [0.4, 0.5) is 5.69 Å². The van der Waals surface area contributed by atoms with Crippen LogP contribution in [-0.2, 0) is 9.53 Å². The number of carbonyl (C=O) groups is 1. The van der Waals surface area contributed by atoms with E-state index in [0.717, 1.165) is 0 Å². The van der Waals surface area contributed by atoms with Gasteiger partial charge in [-0.25, -0.2) is 0 Å². The number of methoxy groups -OCH3 is 1. The van der Waals surface area contributed by atoms with Gasteiger partial charge in [-0.05, 0) is 29.8 Å². The molecule has 2 rings (SSSR count). The molecular formula is C14H18N4O6. The Labute approximate surface area is 137 Å². The van der Waals surface area contributed by atoms with Gasteiger partial charge in [0.25, 0.3) is 5.91 Å². The zero-order valence-electron chi connectivity index (χ0n) is 13.1. The topological polar surface area (TPSA) is 148 Å². The molecule has 1 saturated heterocycles. The lowest BCUT2D eigenvalue weighted by Crippen LogP contribution is -2.61. The van der Waals surface area contributed by atoms with E-state index >= 15 is 0 Å². The molecule has 0 aliphatic carbocycles. The van der Waals surface area contributed by atoms with Gasteiger partial charge in [0.1, 0.15) is 24.1 Å². The van der Waals surface area contributed by atoms with Crippen LogP contribution < -0.4 is 9.64 Å². The average molecular weight is 338 g/mol. The van der Waals surface area contributed by atoms with Gasteiger partial charge in [-0.1, -0.05) is 5.11 Å². The van der Waals surface area contributed by atoms with Crippen molar-refractivity contribution in [2.45, 2.75) is 30.6 Å². The van der Waals surface area contributed by atoms with Crippen molar-refractivity contribution in [3.8, 4) is 5.75 Å². The van der Waals surface area contributed by atoms with E-state index in [4.69, 9.17) is 15.0 Å². The first-order valence-electron chi connectivity index (χ1n) is 7.06. The summed E-state index contributed by atoms with van der Waals surface area (Å²) in [5.41, 5.74) is 8.96. The van der Waals surface area contributed by atoms with E-state index in [1.807, 2.05) is 0 Å². The number of azide groups is 1. The molecule has 1 aliphatic rings. The molecule has 1 amide bonds. The summed E-state index contributed by atoms with van der Waals surface area (Å²) in [6, 6.07) is 6.56. The number of anilines is 1. The van der Waals surface area contributed by atoms with Crippen molar-refractivity contribution in [3.63, 3.8) is 0 Å². The molecule has 130 valence electrons. The van der Waals surface area contributed by atoms with E-state index in [1.54, 1.807) is 24.3 Å². The maximum Gasteiger partial charge on any atom is 0.258 e. The van der Waals surface area contributed by atoms with E-state index in [-0.39, 0.29) is 0 Å². The van der Waals surface area contributed by atoms with Crippen molar-refractivity contribution in [1.82, 2.24) is 0 Å². The summed E-state index contributed by atoms with van der Waals surface area (Å²) in [7, 11) is 2.97. The van der Waals surface area contributed by atoms with Gasteiger partial charge in [-0.15, -0.1) is 0 Å². The lowest BCUT2D eigenvalue weighted by Gasteiger charge is -2.39. The third-order valence-corrected chi connectivity index (χ3v) is 3.79. The number of nitrogens with zero attached hydrogens (tertiary/aromatic N) is 4. The van der Waals surface area contributed by atoms with Crippen molar-refractivity contribution >= 4 is 11.6 Å². The third kappa shape index (κ3) is 3.42. The smallest absolute Gasteiger partial charge is 0.258 e. The molecule has 1 aliphatic heterocycles. The van der Waals surface area contributed by atoms with E-state index in [2.05, 4.69) is 10.0 Å². The number of hydrogen-bond donors (Lipinski definition) is 3. The Kier molecular flexibility index (Phi) is 5.60. The molecule has 1 heterocycles. The number of aliphatic hydroxyl groups excluding tert-OH is 3. The normalized spacial score (nSPS) is 29.5. The van der Waals surface area contributed by atoms with Crippen molar-refractivity contribution < 1.29 is 29.6 Å². The summed E-state index contributed by atoms with van der Waals surface area (Å²) in [5.74, 6) is -0.0627. The SMILES string of the molecule is COc1ccc(N(C)C(=O)[C@H]2O[C@H](N=[N+]=[N-])[C@H](O)[C@@H](O)[C@@H]2O)cc1. The molecular weight excluding hydrogens is 320 g/mol. The lowest BCUT2D eigenvalue weighted by atomic mass is 9.97. The zero-order valence-corrected chi connectivity index (χ0v) is 13.1. The largest absolute Gasteiger partial charge is 0.497 e. The fourth-order valence-corrected chi connectivity index (χ4v) is 2.34. The summed E-state index contributed by atoms with van der Waals surface area (Å²) in [4.78, 5) is 16.3. The second kappa shape index (κ2) is 7.47. The summed E-state index contributed by atoms with van der Waals surface area (Å²) >= 11 is 0. The van der Waals surface area contributed by atoms with Crippen LogP contribution in [-0.4, -0.2) is 66.0 Å². The van der Waals surface area contributed by atoms with Gasteiger partial charge in [-0.2, -0.15) is 0 Å². The Morgan fingerprint density at radius 1 is 1.25 bits per heavy atom. The van der Waals surface area contributed by atoms with Crippen molar-refractivity contribution in [3.05, 3.63) is 34.7 Å². The summed E-state index contributed by atoms with van der Waals surface area (Å²) in [5, 5.41) is 32.7. The molecule has 0 spiro atoms. The first-order valence-corrected chi connectivity index (χ1v) is 7.06. The van der Waals surface area contributed by atoms with Crippen LogP contribution in [0.5, 0.6) is 5.75 Å². The van der Waals surface area contributed by atoms with Crippen molar-refractivity contribution in [2.24, 2.45) is 5.11 Å². The van der Waals surface area contributed by atoms with E-state index in [0.29, 0.717) is 11.4 Å². The second-order valence-electron chi connectivity index (χ2n) is 5.22. The molecule has 0 radical (unpaired) electrons. The number of amides is 1. The molecule has 0 bridgehead atoms. The van der Waals surface area contributed by atoms with Gasteiger partial charge in [0.05, 0.1) is 7.11 Å². The minimum Gasteiger partial charge on any atom is -0.497 e. The van der Waals surface area contributed by atoms with Crippen LogP contribution in [0.2, 0.25) is 0 Å². The van der Waals surface area contributed by atoms with Gasteiger partial charge in [0.15, 0.2) is 12.3 Å². The molecule has 24 heavy (non-hydrogen) atoms. The van der Waals surface area contributed by atoms with Crippen LogP contribution in [0, 0.1) is 0 Å². The Morgan fingerprint density at radius 2 is 1.88 bits per heavy atom. The van der Waals surface area contributed by atoms with Gasteiger partial charge in [0.2, 0.25) is 0 Å². The average Bonchev–Trinajstić information content (AvgIpc) is 2.61. The monoisotopic (exact) mass is 338 g/mol. The predicted octanol–water partition coefficient (Wildman–Crippen LogP) is -0.224. The molecule has 0 saturated carbocycles. The van der Waals surface area contributed by atoms with Crippen LogP contribution >= 0.6 is 0 Å². The summed E-state index contributed by atoms with van der Waals surface area (Å²) in [6.45, 7) is 0. The van der Waals surface area contributed by atoms with Gasteiger partial charge >= 0.3 is 0 Å². The van der Waals surface area contributed by atoms with Crippen LogP contribution in [0.3, 0.4) is 0 Å². The van der Waals surface area contributed by atoms with Crippen LogP contribution in [0.1, 0.15) is 0 Å². The molecule has 1 aromatic carbocycles. The number of ether oxygens (including phenoxy) is 2. The Morgan fingerprint density at radius 3 is 2.42 bits per heavy atom. The van der Waals surface area contributed by atoms with Crippen LogP contribution in [0.15, 0.2) is 29.4 Å². The highest BCUT2D eigenvalue weighted by molar-refractivity contribution is 5.96. The van der Waals surface area contributed by atoms with E-state index < -0.39 is 36.6 Å². The lowest BCUT2D eigenvalue weighted by molar-refractivity contribution is -0.217. The third-order valence-electron chi connectivity index (χ3n) is 3.79. The molecule has 5 atom stereocenters. The van der Waals surface area contributed by atoms with E-state index in [9.17, 15) is 20.1 Å². The van der Waals surface area contributed by atoms with Gasteiger partial charge < -0.3 is 29.7 Å². The maximum absolute atomic E-state index is 12.5. The summed E-state index contributed by atoms with van der Waals surface area (Å²) in [6.07, 6.45) is -7.96. The number of rotatable bonds is 4. The first kappa shape index (κ1) is 18.0. The Balaban J connectivity index is 2.20. The number of carbonyl (C=O) groups excluding carboxylic acids is 1. The Bertz CT molecular complexity index is 633. The molecule has 1 fully saturated rings. The fraction of sp³-hybridized carbons (Fsp3) is 0.500. The number of benzene rings is 1. The first-order chi connectivity index (χ1) is 11.4. The molecule has 10 heteroatoms. The predicted molar refractivity (Wildman–Crippen MR) is 82.2 cm³/mol. The standard InChI is InChI=1S/C14H18N4O6/c1-18(7-3-5-8(23-2)6-4-7)14(22)12-10(20)9(19)11(21)13(24-12)16-17-15/h3-6,9-13,19-21H,1-2H3/t9-,10-,11+,12-,13-/m0/s1. The van der Waals surface area contributed by atoms with Gasteiger partial charge in [0, 0.05) is 17.6 Å². The number of likely N-dealkylation sites (N-methyl/N-ethyl adjacent to an activating group) is 1. The Hall–Kier alpha value is -2.36. The van der Waals surface area contributed by atoms with Crippen molar-refractivity contribution in [1.29, 1.82) is 0 Å². The van der Waals surface area contributed by atoms with E-state index in [1.165, 1.54) is 19.1 Å². The van der Waals surface area contributed by atoms with Crippen LogP contribution in [0.25, 0.3) is 10.4 Å². The molecule has 3 N–H and O–H groups in total. The maximum atomic E-state index is 12.5. The zero-order chi connectivity index (χ0) is 17.9.